The number of carbonyl (C=O) groups is 1. The number of rotatable bonds is 6. The van der Waals surface area contributed by atoms with E-state index in [9.17, 15) is 17.6 Å². The van der Waals surface area contributed by atoms with Gasteiger partial charge in [0, 0.05) is 14.1 Å². The zero-order valence-corrected chi connectivity index (χ0v) is 14.9. The van der Waals surface area contributed by atoms with Gasteiger partial charge in [-0.05, 0) is 35.9 Å². The van der Waals surface area contributed by atoms with Crippen LogP contribution in [0.3, 0.4) is 0 Å². The highest BCUT2D eigenvalue weighted by atomic mass is 32.2. The smallest absolute Gasteiger partial charge is 0.242 e. The molecule has 0 spiro atoms. The first kappa shape index (κ1) is 18.9. The Bertz CT molecular complexity index is 865. The maximum absolute atomic E-state index is 12.9. The Morgan fingerprint density at radius 3 is 2.36 bits per heavy atom. The van der Waals surface area contributed by atoms with Crippen molar-refractivity contribution >= 4 is 21.6 Å². The van der Waals surface area contributed by atoms with Gasteiger partial charge in [0.2, 0.25) is 15.9 Å². The summed E-state index contributed by atoms with van der Waals surface area (Å²) in [6, 6.07) is 9.80. The maximum atomic E-state index is 12.9. The average molecular weight is 366 g/mol. The van der Waals surface area contributed by atoms with Crippen molar-refractivity contribution in [2.24, 2.45) is 0 Å². The lowest BCUT2D eigenvalue weighted by molar-refractivity contribution is -0.115. The fourth-order valence-electron chi connectivity index (χ4n) is 2.14. The molecule has 0 heterocycles. The molecule has 2 rings (SSSR count). The van der Waals surface area contributed by atoms with Crippen LogP contribution in [-0.2, 0) is 21.2 Å². The number of methoxy groups -OCH3 is 1. The van der Waals surface area contributed by atoms with Crippen LogP contribution < -0.4 is 10.1 Å². The van der Waals surface area contributed by atoms with Crippen LogP contribution in [0.1, 0.15) is 5.56 Å². The molecule has 6 nitrogen and oxygen atoms in total. The summed E-state index contributed by atoms with van der Waals surface area (Å²) in [4.78, 5) is 12.2. The highest BCUT2D eigenvalue weighted by molar-refractivity contribution is 7.89. The predicted molar refractivity (Wildman–Crippen MR) is 92.6 cm³/mol. The minimum atomic E-state index is -3.64. The standard InChI is InChI=1S/C17H19FN2O4S/c1-20(2)25(22,23)14-8-9-16(24-3)15(11-14)19-17(21)10-12-4-6-13(18)7-5-12/h4-9,11H,10H2,1-3H3,(H,19,21). The van der Waals surface area contributed by atoms with Gasteiger partial charge in [-0.2, -0.15) is 0 Å². The summed E-state index contributed by atoms with van der Waals surface area (Å²) in [5.41, 5.74) is 0.882. The minimum absolute atomic E-state index is 0.0219. The van der Waals surface area contributed by atoms with E-state index in [1.54, 1.807) is 0 Å². The number of amides is 1. The summed E-state index contributed by atoms with van der Waals surface area (Å²) >= 11 is 0. The first-order valence-electron chi connectivity index (χ1n) is 7.39. The minimum Gasteiger partial charge on any atom is -0.495 e. The summed E-state index contributed by atoms with van der Waals surface area (Å²) in [6.07, 6.45) is 0.0219. The quantitative estimate of drug-likeness (QED) is 0.851. The molecule has 0 aliphatic carbocycles. The number of hydrogen-bond donors (Lipinski definition) is 1. The molecule has 25 heavy (non-hydrogen) atoms. The Labute approximate surface area is 146 Å². The van der Waals surface area contributed by atoms with E-state index in [2.05, 4.69) is 5.32 Å². The van der Waals surface area contributed by atoms with Crippen LogP contribution in [0.5, 0.6) is 5.75 Å². The number of anilines is 1. The Balaban J connectivity index is 2.25. The average Bonchev–Trinajstić information content (AvgIpc) is 2.56. The fourth-order valence-corrected chi connectivity index (χ4v) is 3.07. The van der Waals surface area contributed by atoms with Gasteiger partial charge < -0.3 is 10.1 Å². The maximum Gasteiger partial charge on any atom is 0.242 e. The van der Waals surface area contributed by atoms with Crippen molar-refractivity contribution < 1.29 is 22.3 Å². The molecule has 0 saturated carbocycles. The van der Waals surface area contributed by atoms with Crippen molar-refractivity contribution in [2.45, 2.75) is 11.3 Å². The lowest BCUT2D eigenvalue weighted by atomic mass is 10.1. The molecule has 0 saturated heterocycles. The van der Waals surface area contributed by atoms with E-state index in [1.807, 2.05) is 0 Å². The lowest BCUT2D eigenvalue weighted by Gasteiger charge is -2.15. The van der Waals surface area contributed by atoms with Gasteiger partial charge in [0.05, 0.1) is 24.1 Å². The number of halogens is 1. The number of carbonyl (C=O) groups excluding carboxylic acids is 1. The Morgan fingerprint density at radius 1 is 1.16 bits per heavy atom. The van der Waals surface area contributed by atoms with Crippen molar-refractivity contribution in [1.82, 2.24) is 4.31 Å². The van der Waals surface area contributed by atoms with E-state index in [0.717, 1.165) is 4.31 Å². The summed E-state index contributed by atoms with van der Waals surface area (Å²) in [5, 5.41) is 2.64. The van der Waals surface area contributed by atoms with E-state index < -0.39 is 10.0 Å². The molecule has 134 valence electrons. The molecule has 2 aromatic carbocycles. The third kappa shape index (κ3) is 4.55. The number of sulfonamides is 1. The molecule has 1 amide bonds. The molecule has 2 aromatic rings. The van der Waals surface area contributed by atoms with Gasteiger partial charge in [0.1, 0.15) is 11.6 Å². The fraction of sp³-hybridized carbons (Fsp3) is 0.235. The van der Waals surface area contributed by atoms with Crippen molar-refractivity contribution in [1.29, 1.82) is 0 Å². The molecule has 0 bridgehead atoms. The normalized spacial score (nSPS) is 11.4. The van der Waals surface area contributed by atoms with Gasteiger partial charge in [-0.25, -0.2) is 17.1 Å². The van der Waals surface area contributed by atoms with E-state index in [1.165, 1.54) is 63.7 Å². The summed E-state index contributed by atoms with van der Waals surface area (Å²) < 4.78 is 43.6. The predicted octanol–water partition coefficient (Wildman–Crippen LogP) is 2.27. The van der Waals surface area contributed by atoms with Gasteiger partial charge in [-0.3, -0.25) is 4.79 Å². The van der Waals surface area contributed by atoms with Gasteiger partial charge >= 0.3 is 0 Å². The molecule has 0 aliphatic heterocycles. The Kier molecular flexibility index (Phi) is 5.76. The number of hydrogen-bond acceptors (Lipinski definition) is 4. The molecule has 0 unspecified atom stereocenters. The number of benzene rings is 2. The van der Waals surface area contributed by atoms with E-state index in [0.29, 0.717) is 11.3 Å². The second-order valence-corrected chi connectivity index (χ2v) is 7.65. The SMILES string of the molecule is COc1ccc(S(=O)(=O)N(C)C)cc1NC(=O)Cc1ccc(F)cc1. The topological polar surface area (TPSA) is 75.7 Å². The largest absolute Gasteiger partial charge is 0.495 e. The van der Waals surface area contributed by atoms with E-state index >= 15 is 0 Å². The van der Waals surface area contributed by atoms with E-state index in [4.69, 9.17) is 4.74 Å². The van der Waals surface area contributed by atoms with Gasteiger partial charge in [0.25, 0.3) is 0 Å². The third-order valence-corrected chi connectivity index (χ3v) is 5.31. The number of ether oxygens (including phenoxy) is 1. The number of nitrogens with zero attached hydrogens (tertiary/aromatic N) is 1. The van der Waals surface area contributed by atoms with Crippen LogP contribution >= 0.6 is 0 Å². The summed E-state index contributed by atoms with van der Waals surface area (Å²) in [5.74, 6) is -0.415. The molecular formula is C17H19FN2O4S. The molecule has 0 atom stereocenters. The lowest BCUT2D eigenvalue weighted by Crippen LogP contribution is -2.22. The van der Waals surface area contributed by atoms with Crippen molar-refractivity contribution in [3.05, 3.63) is 53.8 Å². The molecule has 0 radical (unpaired) electrons. The Hall–Kier alpha value is -2.45. The van der Waals surface area contributed by atoms with Crippen LogP contribution in [0.2, 0.25) is 0 Å². The van der Waals surface area contributed by atoms with Crippen molar-refractivity contribution in [3.8, 4) is 5.75 Å². The molecule has 0 aliphatic rings. The molecule has 8 heteroatoms. The first-order chi connectivity index (χ1) is 11.7. The van der Waals surface area contributed by atoms with Crippen molar-refractivity contribution in [2.75, 3.05) is 26.5 Å². The van der Waals surface area contributed by atoms with Crippen LogP contribution in [0.15, 0.2) is 47.4 Å². The molecule has 0 aromatic heterocycles. The van der Waals surface area contributed by atoms with Gasteiger partial charge in [-0.15, -0.1) is 0 Å². The monoisotopic (exact) mass is 366 g/mol. The first-order valence-corrected chi connectivity index (χ1v) is 8.83. The second-order valence-electron chi connectivity index (χ2n) is 5.50. The van der Waals surface area contributed by atoms with Crippen LogP contribution in [0, 0.1) is 5.82 Å². The van der Waals surface area contributed by atoms with E-state index in [-0.39, 0.29) is 28.7 Å². The van der Waals surface area contributed by atoms with Crippen LogP contribution in [-0.4, -0.2) is 39.8 Å². The molecular weight excluding hydrogens is 347 g/mol. The van der Waals surface area contributed by atoms with Crippen LogP contribution in [0.4, 0.5) is 10.1 Å². The zero-order chi connectivity index (χ0) is 18.6. The highest BCUT2D eigenvalue weighted by Crippen LogP contribution is 2.28. The summed E-state index contributed by atoms with van der Waals surface area (Å²) in [6.45, 7) is 0. The van der Waals surface area contributed by atoms with Gasteiger partial charge in [-0.1, -0.05) is 12.1 Å². The number of nitrogens with one attached hydrogen (secondary N) is 1. The Morgan fingerprint density at radius 2 is 1.80 bits per heavy atom. The van der Waals surface area contributed by atoms with Crippen molar-refractivity contribution in [3.63, 3.8) is 0 Å². The highest BCUT2D eigenvalue weighted by Gasteiger charge is 2.19. The summed E-state index contributed by atoms with van der Waals surface area (Å²) in [7, 11) is 0.629. The van der Waals surface area contributed by atoms with Crippen LogP contribution in [0.25, 0.3) is 0 Å². The zero-order valence-electron chi connectivity index (χ0n) is 14.1. The second kappa shape index (κ2) is 7.62. The van der Waals surface area contributed by atoms with Gasteiger partial charge in [0.15, 0.2) is 0 Å². The third-order valence-electron chi connectivity index (χ3n) is 3.50. The molecule has 1 N–H and O–H groups in total. The molecule has 0 fully saturated rings.